The molecule has 1 N–H and O–H groups in total. The molecule has 18 heavy (non-hydrogen) atoms. The number of halogens is 2. The summed E-state index contributed by atoms with van der Waals surface area (Å²) >= 11 is 0. The van der Waals surface area contributed by atoms with Crippen LogP contribution in [0.2, 0.25) is 0 Å². The van der Waals surface area contributed by atoms with Crippen LogP contribution in [0.25, 0.3) is 16.5 Å². The van der Waals surface area contributed by atoms with E-state index >= 15 is 0 Å². The molecule has 0 fully saturated rings. The SMILES string of the molecule is [N-]=[N+]=NCCC=Cc1cc(F)c(C(=O)O)c(F)c1. The number of carboxylic acids is 1. The number of rotatable bonds is 5. The van der Waals surface area contributed by atoms with Crippen molar-refractivity contribution in [3.05, 3.63) is 51.4 Å². The molecule has 1 aromatic rings. The molecule has 0 saturated carbocycles. The Hall–Kier alpha value is -2.40. The van der Waals surface area contributed by atoms with Crippen molar-refractivity contribution >= 4 is 12.0 Å². The minimum Gasteiger partial charge on any atom is -0.477 e. The van der Waals surface area contributed by atoms with Gasteiger partial charge in [0.2, 0.25) is 0 Å². The molecule has 0 aliphatic rings. The van der Waals surface area contributed by atoms with Crippen molar-refractivity contribution in [3.63, 3.8) is 0 Å². The predicted octanol–water partition coefficient (Wildman–Crippen LogP) is 3.38. The molecule has 0 amide bonds. The van der Waals surface area contributed by atoms with E-state index in [-0.39, 0.29) is 12.1 Å². The van der Waals surface area contributed by atoms with Crippen LogP contribution in [0.15, 0.2) is 23.3 Å². The topological polar surface area (TPSA) is 86.1 Å². The predicted molar refractivity (Wildman–Crippen MR) is 61.0 cm³/mol. The Kier molecular flexibility index (Phi) is 4.83. The van der Waals surface area contributed by atoms with Crippen molar-refractivity contribution in [3.8, 4) is 0 Å². The quantitative estimate of drug-likeness (QED) is 0.377. The first-order valence-corrected chi connectivity index (χ1v) is 4.96. The summed E-state index contributed by atoms with van der Waals surface area (Å²) in [6.45, 7) is 0.241. The summed E-state index contributed by atoms with van der Waals surface area (Å²) < 4.78 is 26.5. The van der Waals surface area contributed by atoms with Crippen LogP contribution < -0.4 is 0 Å². The lowest BCUT2D eigenvalue weighted by molar-refractivity contribution is 0.0686. The van der Waals surface area contributed by atoms with Crippen molar-refractivity contribution in [1.29, 1.82) is 0 Å². The summed E-state index contributed by atoms with van der Waals surface area (Å²) in [5.74, 6) is -3.90. The number of azide groups is 1. The van der Waals surface area contributed by atoms with E-state index in [1.165, 1.54) is 6.08 Å². The molecule has 7 heteroatoms. The minimum absolute atomic E-state index is 0.205. The number of carboxylic acid groups (broad SMARTS) is 1. The second-order valence-corrected chi connectivity index (χ2v) is 3.31. The third-order valence-electron chi connectivity index (χ3n) is 2.05. The largest absolute Gasteiger partial charge is 0.477 e. The van der Waals surface area contributed by atoms with Gasteiger partial charge in [-0.1, -0.05) is 17.3 Å². The molecule has 94 valence electrons. The smallest absolute Gasteiger partial charge is 0.341 e. The first kappa shape index (κ1) is 13.7. The number of benzene rings is 1. The van der Waals surface area contributed by atoms with Gasteiger partial charge in [0.1, 0.15) is 17.2 Å². The zero-order chi connectivity index (χ0) is 13.5. The van der Waals surface area contributed by atoms with Gasteiger partial charge in [-0.25, -0.2) is 13.6 Å². The van der Waals surface area contributed by atoms with Crippen molar-refractivity contribution in [2.75, 3.05) is 6.54 Å². The lowest BCUT2D eigenvalue weighted by Crippen LogP contribution is -2.04. The van der Waals surface area contributed by atoms with Crippen molar-refractivity contribution in [2.45, 2.75) is 6.42 Å². The van der Waals surface area contributed by atoms with Crippen LogP contribution in [-0.2, 0) is 0 Å². The Morgan fingerprint density at radius 1 is 1.44 bits per heavy atom. The maximum Gasteiger partial charge on any atom is 0.341 e. The van der Waals surface area contributed by atoms with Gasteiger partial charge in [-0.2, -0.15) is 0 Å². The first-order chi connectivity index (χ1) is 8.56. The Balaban J connectivity index is 2.86. The van der Waals surface area contributed by atoms with Gasteiger partial charge in [-0.05, 0) is 29.6 Å². The van der Waals surface area contributed by atoms with Crippen molar-refractivity contribution in [1.82, 2.24) is 0 Å². The Morgan fingerprint density at radius 3 is 2.56 bits per heavy atom. The van der Waals surface area contributed by atoms with E-state index in [2.05, 4.69) is 10.0 Å². The Labute approximate surface area is 101 Å². The summed E-state index contributed by atoms with van der Waals surface area (Å²) in [5.41, 5.74) is 7.25. The van der Waals surface area contributed by atoms with Gasteiger partial charge in [-0.3, -0.25) is 0 Å². The van der Waals surface area contributed by atoms with Gasteiger partial charge >= 0.3 is 5.97 Å². The summed E-state index contributed by atoms with van der Waals surface area (Å²) in [6.07, 6.45) is 3.42. The zero-order valence-electron chi connectivity index (χ0n) is 9.18. The molecule has 5 nitrogen and oxygen atoms in total. The third-order valence-corrected chi connectivity index (χ3v) is 2.05. The molecule has 0 atom stereocenters. The average Bonchev–Trinajstić information content (AvgIpc) is 2.27. The fourth-order valence-electron chi connectivity index (χ4n) is 1.29. The van der Waals surface area contributed by atoms with Gasteiger partial charge in [0.15, 0.2) is 0 Å². The molecule has 0 saturated heterocycles. The van der Waals surface area contributed by atoms with Crippen molar-refractivity contribution in [2.24, 2.45) is 5.11 Å². The van der Waals surface area contributed by atoms with Crippen LogP contribution in [0.3, 0.4) is 0 Å². The van der Waals surface area contributed by atoms with Crippen LogP contribution in [0, 0.1) is 11.6 Å². The monoisotopic (exact) mass is 253 g/mol. The molecule has 0 aliphatic heterocycles. The number of carbonyl (C=O) groups is 1. The standard InChI is InChI=1S/C11H9F2N3O2/c12-8-5-7(3-1-2-4-15-16-14)6-9(13)10(8)11(17)18/h1,3,5-6H,2,4H2,(H,17,18). The average molecular weight is 253 g/mol. The van der Waals surface area contributed by atoms with Gasteiger partial charge in [0.05, 0.1) is 0 Å². The van der Waals surface area contributed by atoms with Crippen LogP contribution in [0.5, 0.6) is 0 Å². The molecular weight excluding hydrogens is 244 g/mol. The highest BCUT2D eigenvalue weighted by Gasteiger charge is 2.16. The Bertz CT molecular complexity index is 514. The minimum atomic E-state index is -1.65. The second kappa shape index (κ2) is 6.36. The normalized spacial score (nSPS) is 10.3. The fourth-order valence-corrected chi connectivity index (χ4v) is 1.29. The van der Waals surface area contributed by atoms with E-state index in [9.17, 15) is 13.6 Å². The summed E-state index contributed by atoms with van der Waals surface area (Å²) in [6, 6.07) is 1.85. The fraction of sp³-hybridized carbons (Fsp3) is 0.182. The van der Waals surface area contributed by atoms with Crippen LogP contribution >= 0.6 is 0 Å². The molecule has 0 radical (unpaired) electrons. The maximum atomic E-state index is 13.3. The van der Waals surface area contributed by atoms with E-state index in [1.54, 1.807) is 6.08 Å². The molecule has 1 rings (SSSR count). The van der Waals surface area contributed by atoms with E-state index < -0.39 is 23.2 Å². The highest BCUT2D eigenvalue weighted by Crippen LogP contribution is 2.16. The molecule has 0 bridgehead atoms. The summed E-state index contributed by atoms with van der Waals surface area (Å²) in [5, 5.41) is 11.8. The number of aromatic carboxylic acids is 1. The second-order valence-electron chi connectivity index (χ2n) is 3.31. The lowest BCUT2D eigenvalue weighted by Gasteiger charge is -2.01. The third kappa shape index (κ3) is 3.57. The van der Waals surface area contributed by atoms with E-state index in [0.717, 1.165) is 12.1 Å². The Morgan fingerprint density at radius 2 is 2.06 bits per heavy atom. The summed E-state index contributed by atoms with van der Waals surface area (Å²) in [7, 11) is 0. The molecule has 0 aromatic heterocycles. The molecule has 0 unspecified atom stereocenters. The van der Waals surface area contributed by atoms with E-state index in [0.29, 0.717) is 6.42 Å². The highest BCUT2D eigenvalue weighted by atomic mass is 19.1. The molecule has 0 spiro atoms. The first-order valence-electron chi connectivity index (χ1n) is 4.96. The molecule has 1 aromatic carbocycles. The van der Waals surface area contributed by atoms with Gasteiger partial charge in [0, 0.05) is 11.5 Å². The van der Waals surface area contributed by atoms with Crippen LogP contribution in [0.4, 0.5) is 8.78 Å². The van der Waals surface area contributed by atoms with E-state index in [1.807, 2.05) is 0 Å². The van der Waals surface area contributed by atoms with Crippen LogP contribution in [0.1, 0.15) is 22.3 Å². The molecule has 0 heterocycles. The zero-order valence-corrected chi connectivity index (χ0v) is 9.18. The van der Waals surface area contributed by atoms with Gasteiger partial charge in [-0.15, -0.1) is 0 Å². The van der Waals surface area contributed by atoms with Crippen molar-refractivity contribution < 1.29 is 18.7 Å². The summed E-state index contributed by atoms with van der Waals surface area (Å²) in [4.78, 5) is 13.1. The number of hydrogen-bond donors (Lipinski definition) is 1. The maximum absolute atomic E-state index is 13.3. The lowest BCUT2D eigenvalue weighted by atomic mass is 10.1. The van der Waals surface area contributed by atoms with Crippen LogP contribution in [-0.4, -0.2) is 17.6 Å². The van der Waals surface area contributed by atoms with Gasteiger partial charge < -0.3 is 5.11 Å². The van der Waals surface area contributed by atoms with Gasteiger partial charge in [0.25, 0.3) is 0 Å². The molecule has 0 aliphatic carbocycles. The van der Waals surface area contributed by atoms with E-state index in [4.69, 9.17) is 10.6 Å². The number of nitrogens with zero attached hydrogens (tertiary/aromatic N) is 3. The number of hydrogen-bond acceptors (Lipinski definition) is 2. The highest BCUT2D eigenvalue weighted by molar-refractivity contribution is 5.88. The molecular formula is C11H9F2N3O2.